The molecule has 0 radical (unpaired) electrons. The van der Waals surface area contributed by atoms with E-state index in [2.05, 4.69) is 5.32 Å². The molecule has 1 aromatic rings. The molecule has 0 saturated carbocycles. The Labute approximate surface area is 106 Å². The second-order valence-corrected chi connectivity index (χ2v) is 4.77. The van der Waals surface area contributed by atoms with E-state index in [0.717, 1.165) is 24.1 Å². The lowest BCUT2D eigenvalue weighted by Crippen LogP contribution is -2.28. The minimum absolute atomic E-state index is 0.0684. The number of carbonyl (C=O) groups is 1. The molecule has 4 heteroatoms. The standard InChI is InChI=1S/C13H16ClNO2/c1-9-8-11(14)2-3-12(9)15-13(16)10-4-6-17-7-5-10/h2-3,8,10H,4-7H2,1H3,(H,15,16). The van der Waals surface area contributed by atoms with E-state index in [1.54, 1.807) is 6.07 Å². The van der Waals surface area contributed by atoms with Gasteiger partial charge in [0.05, 0.1) is 0 Å². The summed E-state index contributed by atoms with van der Waals surface area (Å²) in [5.41, 5.74) is 1.82. The maximum atomic E-state index is 12.0. The fraction of sp³-hybridized carbons (Fsp3) is 0.462. The van der Waals surface area contributed by atoms with Crippen molar-refractivity contribution in [3.05, 3.63) is 28.8 Å². The fourth-order valence-corrected chi connectivity index (χ4v) is 2.19. The molecule has 1 N–H and O–H groups in total. The van der Waals surface area contributed by atoms with E-state index in [-0.39, 0.29) is 11.8 Å². The third kappa shape index (κ3) is 3.20. The smallest absolute Gasteiger partial charge is 0.227 e. The molecule has 92 valence electrons. The molecule has 17 heavy (non-hydrogen) atoms. The van der Waals surface area contributed by atoms with Gasteiger partial charge in [0.15, 0.2) is 0 Å². The molecule has 0 unspecified atom stereocenters. The summed E-state index contributed by atoms with van der Waals surface area (Å²) in [6.07, 6.45) is 1.61. The Bertz CT molecular complexity index is 414. The summed E-state index contributed by atoms with van der Waals surface area (Å²) in [5.74, 6) is 0.151. The molecule has 0 spiro atoms. The zero-order valence-electron chi connectivity index (χ0n) is 9.83. The van der Waals surface area contributed by atoms with E-state index in [4.69, 9.17) is 16.3 Å². The van der Waals surface area contributed by atoms with Crippen LogP contribution in [0.15, 0.2) is 18.2 Å². The first-order valence-corrected chi connectivity index (χ1v) is 6.19. The van der Waals surface area contributed by atoms with Crippen molar-refractivity contribution < 1.29 is 9.53 Å². The quantitative estimate of drug-likeness (QED) is 0.880. The second kappa shape index (κ2) is 5.52. The second-order valence-electron chi connectivity index (χ2n) is 4.34. The van der Waals surface area contributed by atoms with Crippen LogP contribution in [0.1, 0.15) is 18.4 Å². The largest absolute Gasteiger partial charge is 0.381 e. The van der Waals surface area contributed by atoms with Crippen LogP contribution < -0.4 is 5.32 Å². The van der Waals surface area contributed by atoms with Gasteiger partial charge >= 0.3 is 0 Å². The number of hydrogen-bond donors (Lipinski definition) is 1. The molecule has 1 amide bonds. The molecular weight excluding hydrogens is 238 g/mol. The van der Waals surface area contributed by atoms with E-state index >= 15 is 0 Å². The van der Waals surface area contributed by atoms with Crippen LogP contribution in [0.25, 0.3) is 0 Å². The third-order valence-corrected chi connectivity index (χ3v) is 3.27. The van der Waals surface area contributed by atoms with Crippen molar-refractivity contribution >= 4 is 23.2 Å². The average molecular weight is 254 g/mol. The first-order valence-electron chi connectivity index (χ1n) is 5.81. The van der Waals surface area contributed by atoms with Gasteiger partial charge in [-0.05, 0) is 43.5 Å². The van der Waals surface area contributed by atoms with Crippen LogP contribution in [0.2, 0.25) is 5.02 Å². The zero-order chi connectivity index (χ0) is 12.3. The lowest BCUT2D eigenvalue weighted by Gasteiger charge is -2.21. The number of anilines is 1. The number of halogens is 1. The lowest BCUT2D eigenvalue weighted by molar-refractivity contribution is -0.122. The van der Waals surface area contributed by atoms with Crippen molar-refractivity contribution in [2.75, 3.05) is 18.5 Å². The molecule has 1 aliphatic rings. The summed E-state index contributed by atoms with van der Waals surface area (Å²) >= 11 is 5.87. The molecule has 1 aromatic carbocycles. The van der Waals surface area contributed by atoms with Gasteiger partial charge in [-0.15, -0.1) is 0 Å². The summed E-state index contributed by atoms with van der Waals surface area (Å²) in [5, 5.41) is 3.64. The van der Waals surface area contributed by atoms with Crippen molar-refractivity contribution in [3.63, 3.8) is 0 Å². The maximum Gasteiger partial charge on any atom is 0.227 e. The maximum absolute atomic E-state index is 12.0. The van der Waals surface area contributed by atoms with Gasteiger partial charge in [-0.25, -0.2) is 0 Å². The van der Waals surface area contributed by atoms with E-state index in [9.17, 15) is 4.79 Å². The number of carbonyl (C=O) groups excluding carboxylic acids is 1. The van der Waals surface area contributed by atoms with Gasteiger partial charge in [-0.1, -0.05) is 11.6 Å². The van der Waals surface area contributed by atoms with Crippen molar-refractivity contribution in [3.8, 4) is 0 Å². The third-order valence-electron chi connectivity index (χ3n) is 3.04. The zero-order valence-corrected chi connectivity index (χ0v) is 10.6. The van der Waals surface area contributed by atoms with Crippen LogP contribution in [-0.2, 0) is 9.53 Å². The predicted molar refractivity (Wildman–Crippen MR) is 68.4 cm³/mol. The minimum Gasteiger partial charge on any atom is -0.381 e. The monoisotopic (exact) mass is 253 g/mol. The topological polar surface area (TPSA) is 38.3 Å². The summed E-state index contributed by atoms with van der Waals surface area (Å²) in [4.78, 5) is 12.0. The Morgan fingerprint density at radius 1 is 1.41 bits per heavy atom. The molecule has 1 aliphatic heterocycles. The lowest BCUT2D eigenvalue weighted by atomic mass is 9.99. The molecule has 0 aromatic heterocycles. The van der Waals surface area contributed by atoms with E-state index < -0.39 is 0 Å². The summed E-state index contributed by atoms with van der Waals surface area (Å²) in [6, 6.07) is 5.48. The Balaban J connectivity index is 2.02. The van der Waals surface area contributed by atoms with Crippen LogP contribution in [0.4, 0.5) is 5.69 Å². The van der Waals surface area contributed by atoms with Crippen LogP contribution in [0, 0.1) is 12.8 Å². The van der Waals surface area contributed by atoms with Gasteiger partial charge in [-0.2, -0.15) is 0 Å². The fourth-order valence-electron chi connectivity index (χ4n) is 1.96. The van der Waals surface area contributed by atoms with Crippen molar-refractivity contribution in [2.24, 2.45) is 5.92 Å². The highest BCUT2D eigenvalue weighted by molar-refractivity contribution is 6.30. The molecule has 0 bridgehead atoms. The molecular formula is C13H16ClNO2. The first-order chi connectivity index (χ1) is 8.16. The van der Waals surface area contributed by atoms with Crippen LogP contribution in [-0.4, -0.2) is 19.1 Å². The molecule has 2 rings (SSSR count). The highest BCUT2D eigenvalue weighted by Gasteiger charge is 2.21. The van der Waals surface area contributed by atoms with Gasteiger partial charge in [0, 0.05) is 29.8 Å². The number of aryl methyl sites for hydroxylation is 1. The Morgan fingerprint density at radius 2 is 2.12 bits per heavy atom. The van der Waals surface area contributed by atoms with Crippen molar-refractivity contribution in [1.82, 2.24) is 0 Å². The first kappa shape index (κ1) is 12.4. The van der Waals surface area contributed by atoms with E-state index in [0.29, 0.717) is 18.2 Å². The normalized spacial score (nSPS) is 16.8. The summed E-state index contributed by atoms with van der Waals surface area (Å²) < 4.78 is 5.24. The van der Waals surface area contributed by atoms with Gasteiger partial charge < -0.3 is 10.1 Å². The number of amides is 1. The predicted octanol–water partition coefficient (Wildman–Crippen LogP) is 3.01. The van der Waals surface area contributed by atoms with Crippen molar-refractivity contribution in [1.29, 1.82) is 0 Å². The number of ether oxygens (including phenoxy) is 1. The average Bonchev–Trinajstić information content (AvgIpc) is 2.34. The number of hydrogen-bond acceptors (Lipinski definition) is 2. The van der Waals surface area contributed by atoms with E-state index in [1.165, 1.54) is 0 Å². The Hall–Kier alpha value is -1.06. The Morgan fingerprint density at radius 3 is 2.76 bits per heavy atom. The van der Waals surface area contributed by atoms with Crippen LogP contribution in [0.5, 0.6) is 0 Å². The summed E-state index contributed by atoms with van der Waals surface area (Å²) in [6.45, 7) is 3.29. The van der Waals surface area contributed by atoms with Crippen LogP contribution >= 0.6 is 11.6 Å². The molecule has 0 atom stereocenters. The number of nitrogens with one attached hydrogen (secondary N) is 1. The number of benzene rings is 1. The molecule has 1 saturated heterocycles. The molecule has 0 aliphatic carbocycles. The minimum atomic E-state index is 0.0684. The van der Waals surface area contributed by atoms with E-state index in [1.807, 2.05) is 19.1 Å². The summed E-state index contributed by atoms with van der Waals surface area (Å²) in [7, 11) is 0. The van der Waals surface area contributed by atoms with Gasteiger partial charge in [0.1, 0.15) is 0 Å². The highest BCUT2D eigenvalue weighted by Crippen LogP contribution is 2.22. The highest BCUT2D eigenvalue weighted by atomic mass is 35.5. The molecule has 3 nitrogen and oxygen atoms in total. The van der Waals surface area contributed by atoms with Gasteiger partial charge in [-0.3, -0.25) is 4.79 Å². The Kier molecular flexibility index (Phi) is 4.02. The van der Waals surface area contributed by atoms with Crippen molar-refractivity contribution in [2.45, 2.75) is 19.8 Å². The van der Waals surface area contributed by atoms with Gasteiger partial charge in [0.25, 0.3) is 0 Å². The molecule has 1 fully saturated rings. The SMILES string of the molecule is Cc1cc(Cl)ccc1NC(=O)C1CCOCC1. The number of rotatable bonds is 2. The molecule has 1 heterocycles. The van der Waals surface area contributed by atoms with Gasteiger partial charge in [0.2, 0.25) is 5.91 Å². The van der Waals surface area contributed by atoms with Crippen LogP contribution in [0.3, 0.4) is 0 Å².